The monoisotopic (exact) mass is 196 g/mol. The number of allylic oxidation sites excluding steroid dienone is 5. The fourth-order valence-corrected chi connectivity index (χ4v) is 1.90. The summed E-state index contributed by atoms with van der Waals surface area (Å²) in [4.78, 5) is 4.28. The summed E-state index contributed by atoms with van der Waals surface area (Å²) < 4.78 is 22.0. The van der Waals surface area contributed by atoms with E-state index in [-0.39, 0.29) is 4.91 Å². The van der Waals surface area contributed by atoms with Crippen molar-refractivity contribution >= 4 is 16.2 Å². The van der Waals surface area contributed by atoms with Crippen molar-refractivity contribution in [1.82, 2.24) is 0 Å². The van der Waals surface area contributed by atoms with Crippen LogP contribution in [0.2, 0.25) is 0 Å². The first kappa shape index (κ1) is 8.40. The van der Waals surface area contributed by atoms with Crippen LogP contribution in [0, 0.1) is 0 Å². The van der Waals surface area contributed by atoms with Gasteiger partial charge in [-0.05, 0) is 23.8 Å². The van der Waals surface area contributed by atoms with Gasteiger partial charge in [0.2, 0.25) is 10.0 Å². The Hall–Kier alpha value is -1.20. The lowest BCUT2D eigenvalue weighted by molar-refractivity contribution is 0.602. The van der Waals surface area contributed by atoms with Crippen LogP contribution < -0.4 is 5.14 Å². The van der Waals surface area contributed by atoms with E-state index in [0.717, 1.165) is 11.3 Å². The number of primary sulfonamides is 1. The van der Waals surface area contributed by atoms with Crippen molar-refractivity contribution in [3.63, 3.8) is 0 Å². The molecular weight excluding hydrogens is 188 g/mol. The van der Waals surface area contributed by atoms with Gasteiger partial charge in [-0.15, -0.1) is 0 Å². The van der Waals surface area contributed by atoms with E-state index in [9.17, 15) is 8.42 Å². The number of rotatable bonds is 1. The molecule has 5 heteroatoms. The molecule has 13 heavy (non-hydrogen) atoms. The number of hydrogen-bond donors (Lipinski definition) is 1. The second-order valence-corrected chi connectivity index (χ2v) is 4.49. The van der Waals surface area contributed by atoms with Gasteiger partial charge in [0.1, 0.15) is 0 Å². The third-order valence-corrected chi connectivity index (χ3v) is 2.99. The molecule has 1 aliphatic carbocycles. The van der Waals surface area contributed by atoms with Gasteiger partial charge in [-0.1, -0.05) is 0 Å². The molecule has 0 aromatic carbocycles. The average molecular weight is 196 g/mol. The smallest absolute Gasteiger partial charge is 0.234 e. The maximum Gasteiger partial charge on any atom is 0.234 e. The maximum atomic E-state index is 11.0. The second kappa shape index (κ2) is 2.65. The van der Waals surface area contributed by atoms with Crippen molar-refractivity contribution in [3.8, 4) is 0 Å². The molecule has 2 aliphatic rings. The van der Waals surface area contributed by atoms with Crippen molar-refractivity contribution in [2.45, 2.75) is 6.42 Å². The fourth-order valence-electron chi connectivity index (χ4n) is 1.29. The largest absolute Gasteiger partial charge is 0.257 e. The normalized spacial score (nSPS) is 20.5. The molecule has 0 atom stereocenters. The summed E-state index contributed by atoms with van der Waals surface area (Å²) in [7, 11) is -3.54. The van der Waals surface area contributed by atoms with E-state index < -0.39 is 10.0 Å². The Bertz CT molecular complexity index is 466. The minimum absolute atomic E-state index is 0.244. The van der Waals surface area contributed by atoms with Gasteiger partial charge in [-0.2, -0.15) is 0 Å². The van der Waals surface area contributed by atoms with Gasteiger partial charge >= 0.3 is 0 Å². The quantitative estimate of drug-likeness (QED) is 0.661. The van der Waals surface area contributed by atoms with Gasteiger partial charge in [0.05, 0.1) is 10.6 Å². The summed E-state index contributed by atoms with van der Waals surface area (Å²) in [6.07, 6.45) is 6.97. The fraction of sp³-hybridized carbons (Fsp3) is 0.125. The number of nitrogens with two attached hydrogens (primary N) is 1. The highest BCUT2D eigenvalue weighted by molar-refractivity contribution is 7.93. The molecule has 0 unspecified atom stereocenters. The van der Waals surface area contributed by atoms with Crippen molar-refractivity contribution in [2.75, 3.05) is 0 Å². The van der Waals surface area contributed by atoms with Gasteiger partial charge in [-0.25, -0.2) is 13.6 Å². The third kappa shape index (κ3) is 1.48. The van der Waals surface area contributed by atoms with Crippen LogP contribution in [-0.2, 0) is 10.0 Å². The predicted molar refractivity (Wildman–Crippen MR) is 50.5 cm³/mol. The van der Waals surface area contributed by atoms with Crippen LogP contribution in [0.3, 0.4) is 0 Å². The molecule has 0 bridgehead atoms. The molecule has 2 rings (SSSR count). The molecule has 0 saturated heterocycles. The van der Waals surface area contributed by atoms with Crippen molar-refractivity contribution in [2.24, 2.45) is 10.1 Å². The lowest BCUT2D eigenvalue weighted by atomic mass is 10.1. The zero-order chi connectivity index (χ0) is 9.47. The first-order chi connectivity index (χ1) is 6.07. The van der Waals surface area contributed by atoms with E-state index in [0.29, 0.717) is 6.42 Å². The van der Waals surface area contributed by atoms with E-state index >= 15 is 0 Å². The van der Waals surface area contributed by atoms with Crippen LogP contribution in [-0.4, -0.2) is 14.6 Å². The number of fused-ring (bicyclic) bond motifs is 1. The molecule has 0 fully saturated rings. The Morgan fingerprint density at radius 3 is 2.77 bits per heavy atom. The van der Waals surface area contributed by atoms with E-state index in [1.165, 1.54) is 6.08 Å². The van der Waals surface area contributed by atoms with Gasteiger partial charge in [0.25, 0.3) is 0 Å². The predicted octanol–water partition coefficient (Wildman–Crippen LogP) is 0.457. The summed E-state index contributed by atoms with van der Waals surface area (Å²) in [5.74, 6) is 0. The highest BCUT2D eigenvalue weighted by Crippen LogP contribution is 2.29. The third-order valence-electron chi connectivity index (χ3n) is 1.98. The van der Waals surface area contributed by atoms with Crippen LogP contribution >= 0.6 is 0 Å². The van der Waals surface area contributed by atoms with Crippen molar-refractivity contribution in [3.05, 3.63) is 34.4 Å². The summed E-state index contributed by atoms with van der Waals surface area (Å²) >= 11 is 0. The van der Waals surface area contributed by atoms with Crippen LogP contribution in [0.5, 0.6) is 0 Å². The second-order valence-electron chi connectivity index (χ2n) is 2.88. The van der Waals surface area contributed by atoms with Crippen LogP contribution in [0.15, 0.2) is 39.4 Å². The number of sulfonamides is 1. The van der Waals surface area contributed by atoms with E-state index in [1.54, 1.807) is 18.4 Å². The van der Waals surface area contributed by atoms with E-state index in [1.807, 2.05) is 0 Å². The highest BCUT2D eigenvalue weighted by atomic mass is 32.2. The number of aliphatic imine (C=N–C) groups is 1. The Labute approximate surface area is 76.2 Å². The first-order valence-corrected chi connectivity index (χ1v) is 5.29. The Kier molecular flexibility index (Phi) is 1.71. The molecule has 1 aliphatic heterocycles. The summed E-state index contributed by atoms with van der Waals surface area (Å²) in [5.41, 5.74) is 1.74. The molecule has 0 saturated carbocycles. The zero-order valence-corrected chi connectivity index (χ0v) is 7.58. The van der Waals surface area contributed by atoms with Crippen LogP contribution in [0.25, 0.3) is 0 Å². The Balaban J connectivity index is 2.42. The van der Waals surface area contributed by atoms with Crippen LogP contribution in [0.4, 0.5) is 0 Å². The summed E-state index contributed by atoms with van der Waals surface area (Å²) in [6.45, 7) is 0. The van der Waals surface area contributed by atoms with Crippen LogP contribution in [0.1, 0.15) is 6.42 Å². The Morgan fingerprint density at radius 1 is 1.31 bits per heavy atom. The first-order valence-electron chi connectivity index (χ1n) is 3.74. The van der Waals surface area contributed by atoms with Crippen molar-refractivity contribution in [1.29, 1.82) is 0 Å². The highest BCUT2D eigenvalue weighted by Gasteiger charge is 2.20. The minimum Gasteiger partial charge on any atom is -0.257 e. The molecular formula is C8H8N2O2S. The molecule has 2 N–H and O–H groups in total. The standard InChI is InChI=1S/C8H8N2O2S/c9-13(11,12)7-1-2-8-6(5-7)3-4-10-8/h1-4H,5H2,(H2,9,11,12). The number of hydrogen-bond acceptors (Lipinski definition) is 3. The SMILES string of the molecule is NS(=O)(=O)C1=CC=C2N=CC=C2C1. The molecule has 0 radical (unpaired) electrons. The lowest BCUT2D eigenvalue weighted by Crippen LogP contribution is -2.16. The van der Waals surface area contributed by atoms with Crippen molar-refractivity contribution < 1.29 is 8.42 Å². The minimum atomic E-state index is -3.54. The Morgan fingerprint density at radius 2 is 2.08 bits per heavy atom. The molecule has 0 aromatic heterocycles. The summed E-state index contributed by atoms with van der Waals surface area (Å²) in [6, 6.07) is 0. The maximum absolute atomic E-state index is 11.0. The average Bonchev–Trinajstić information content (AvgIpc) is 2.47. The number of nitrogens with zero attached hydrogens (tertiary/aromatic N) is 1. The molecule has 4 nitrogen and oxygen atoms in total. The molecule has 0 spiro atoms. The van der Waals surface area contributed by atoms with Gasteiger partial charge in [0.15, 0.2) is 0 Å². The van der Waals surface area contributed by atoms with E-state index in [4.69, 9.17) is 5.14 Å². The van der Waals surface area contributed by atoms with Gasteiger partial charge < -0.3 is 0 Å². The molecule has 68 valence electrons. The summed E-state index contributed by atoms with van der Waals surface area (Å²) in [5, 5.41) is 5.00. The lowest BCUT2D eigenvalue weighted by Gasteiger charge is -2.10. The van der Waals surface area contributed by atoms with Gasteiger partial charge in [0, 0.05) is 12.6 Å². The topological polar surface area (TPSA) is 72.5 Å². The molecule has 1 heterocycles. The van der Waals surface area contributed by atoms with E-state index in [2.05, 4.69) is 4.99 Å². The molecule has 0 amide bonds. The molecule has 0 aromatic rings. The zero-order valence-electron chi connectivity index (χ0n) is 6.77. The van der Waals surface area contributed by atoms with Gasteiger partial charge in [-0.3, -0.25) is 4.99 Å².